The lowest BCUT2D eigenvalue weighted by Gasteiger charge is -2.24. The van der Waals surface area contributed by atoms with Crippen molar-refractivity contribution in [2.75, 3.05) is 0 Å². The fraction of sp³-hybridized carbons (Fsp3) is 0.167. The van der Waals surface area contributed by atoms with E-state index >= 15 is 0 Å². The van der Waals surface area contributed by atoms with E-state index in [0.29, 0.717) is 0 Å². The average Bonchev–Trinajstić information content (AvgIpc) is 3.50. The average molecular weight is 654 g/mol. The highest BCUT2D eigenvalue weighted by molar-refractivity contribution is 6.11. The summed E-state index contributed by atoms with van der Waals surface area (Å²) < 4.78 is 9.10. The molecule has 250 valence electrons. The summed E-state index contributed by atoms with van der Waals surface area (Å²) in [5.41, 5.74) is 12.7. The van der Waals surface area contributed by atoms with Gasteiger partial charge in [0.05, 0.1) is 11.0 Å². The second kappa shape index (κ2) is 16.2. The normalized spacial score (nSPS) is 12.0. The lowest BCUT2D eigenvalue weighted by Crippen LogP contribution is -2.07. The number of fused-ring (bicyclic) bond motifs is 7. The summed E-state index contributed by atoms with van der Waals surface area (Å²) in [6.07, 6.45) is 10.5. The SMILES string of the molecule is C=CCc1ccccc1.CC.Cc1cccc(-n2c3ccccc3c3ccc4c(c32)Oc2cc3c(cc2C4)CCC=C3)c1.Cc1ccccc1. The molecule has 2 heteroatoms. The number of para-hydroxylation sites is 1. The Morgan fingerprint density at radius 1 is 0.680 bits per heavy atom. The van der Waals surface area contributed by atoms with Crippen LogP contribution >= 0.6 is 0 Å². The number of hydrogen-bond acceptors (Lipinski definition) is 1. The Bertz CT molecular complexity index is 2240. The van der Waals surface area contributed by atoms with Gasteiger partial charge >= 0.3 is 0 Å². The van der Waals surface area contributed by atoms with Crippen molar-refractivity contribution >= 4 is 27.9 Å². The van der Waals surface area contributed by atoms with Crippen LogP contribution in [0.15, 0.2) is 152 Å². The smallest absolute Gasteiger partial charge is 0.155 e. The van der Waals surface area contributed by atoms with Gasteiger partial charge < -0.3 is 9.30 Å². The molecule has 2 nitrogen and oxygen atoms in total. The molecular formula is C48H47NO. The number of aryl methyl sites for hydroxylation is 3. The molecule has 1 aliphatic carbocycles. The lowest BCUT2D eigenvalue weighted by molar-refractivity contribution is 0.463. The predicted octanol–water partition coefficient (Wildman–Crippen LogP) is 13.2. The minimum Gasteiger partial charge on any atom is -0.455 e. The summed E-state index contributed by atoms with van der Waals surface area (Å²) in [4.78, 5) is 0. The van der Waals surface area contributed by atoms with Crippen LogP contribution in [0.3, 0.4) is 0 Å². The molecule has 7 aromatic rings. The molecule has 9 rings (SSSR count). The Kier molecular flexibility index (Phi) is 11.1. The van der Waals surface area contributed by atoms with E-state index in [0.717, 1.165) is 42.7 Å². The second-order valence-corrected chi connectivity index (χ2v) is 12.7. The van der Waals surface area contributed by atoms with E-state index in [1.807, 2.05) is 56.3 Å². The van der Waals surface area contributed by atoms with Crippen molar-refractivity contribution in [3.63, 3.8) is 0 Å². The quantitative estimate of drug-likeness (QED) is 0.173. The maximum absolute atomic E-state index is 6.72. The van der Waals surface area contributed by atoms with Gasteiger partial charge in [-0.1, -0.05) is 147 Å². The van der Waals surface area contributed by atoms with Crippen molar-refractivity contribution in [1.29, 1.82) is 0 Å². The molecule has 2 heterocycles. The molecular weight excluding hydrogens is 607 g/mol. The van der Waals surface area contributed by atoms with Gasteiger partial charge in [0.25, 0.3) is 0 Å². The van der Waals surface area contributed by atoms with Crippen LogP contribution in [-0.4, -0.2) is 4.57 Å². The fourth-order valence-corrected chi connectivity index (χ4v) is 6.73. The van der Waals surface area contributed by atoms with Crippen LogP contribution < -0.4 is 4.74 Å². The third-order valence-electron chi connectivity index (χ3n) is 9.09. The van der Waals surface area contributed by atoms with Crippen molar-refractivity contribution in [1.82, 2.24) is 4.57 Å². The summed E-state index contributed by atoms with van der Waals surface area (Å²) in [6.45, 7) is 11.9. The van der Waals surface area contributed by atoms with E-state index in [9.17, 15) is 0 Å². The Hall–Kier alpha value is -5.60. The van der Waals surface area contributed by atoms with Crippen molar-refractivity contribution in [3.8, 4) is 17.2 Å². The van der Waals surface area contributed by atoms with E-state index < -0.39 is 0 Å². The Morgan fingerprint density at radius 2 is 1.40 bits per heavy atom. The van der Waals surface area contributed by atoms with Crippen molar-refractivity contribution in [2.45, 2.75) is 53.4 Å². The van der Waals surface area contributed by atoms with Crippen molar-refractivity contribution in [2.24, 2.45) is 0 Å². The first-order valence-electron chi connectivity index (χ1n) is 17.9. The summed E-state index contributed by atoms with van der Waals surface area (Å²) >= 11 is 0. The number of benzene rings is 6. The lowest BCUT2D eigenvalue weighted by atomic mass is 9.91. The molecule has 0 bridgehead atoms. The maximum Gasteiger partial charge on any atom is 0.155 e. The van der Waals surface area contributed by atoms with E-state index in [1.54, 1.807) is 0 Å². The highest BCUT2D eigenvalue weighted by Crippen LogP contribution is 2.46. The van der Waals surface area contributed by atoms with Crippen LogP contribution in [-0.2, 0) is 19.3 Å². The maximum atomic E-state index is 6.72. The molecule has 0 amide bonds. The molecule has 0 fully saturated rings. The second-order valence-electron chi connectivity index (χ2n) is 12.7. The summed E-state index contributed by atoms with van der Waals surface area (Å²) in [6, 6.07) is 47.1. The van der Waals surface area contributed by atoms with Gasteiger partial charge in [0, 0.05) is 28.4 Å². The number of nitrogens with zero attached hydrogens (tertiary/aromatic N) is 1. The van der Waals surface area contributed by atoms with Crippen LogP contribution in [0.1, 0.15) is 59.2 Å². The van der Waals surface area contributed by atoms with Gasteiger partial charge in [0.1, 0.15) is 5.75 Å². The van der Waals surface area contributed by atoms with Crippen molar-refractivity contribution < 1.29 is 4.74 Å². The van der Waals surface area contributed by atoms with Gasteiger partial charge in [0.2, 0.25) is 0 Å². The van der Waals surface area contributed by atoms with Gasteiger partial charge in [-0.05, 0) is 85.2 Å². The third kappa shape index (κ3) is 7.51. The third-order valence-corrected chi connectivity index (χ3v) is 9.09. The van der Waals surface area contributed by atoms with Gasteiger partial charge in [0.15, 0.2) is 5.75 Å². The van der Waals surface area contributed by atoms with E-state index in [4.69, 9.17) is 4.74 Å². The van der Waals surface area contributed by atoms with E-state index in [2.05, 4.69) is 134 Å². The Morgan fingerprint density at radius 3 is 2.12 bits per heavy atom. The molecule has 6 aromatic carbocycles. The zero-order chi connectivity index (χ0) is 34.9. The number of allylic oxidation sites excluding steroid dienone is 2. The molecule has 0 saturated heterocycles. The van der Waals surface area contributed by atoms with Gasteiger partial charge in [-0.25, -0.2) is 0 Å². The van der Waals surface area contributed by atoms with E-state index in [1.165, 1.54) is 60.9 Å². The Balaban J connectivity index is 0.000000198. The Labute approximate surface area is 298 Å². The number of hydrogen-bond donors (Lipinski definition) is 0. The number of aromatic nitrogens is 1. The minimum atomic E-state index is 0.910. The number of rotatable bonds is 3. The molecule has 50 heavy (non-hydrogen) atoms. The molecule has 0 spiro atoms. The first-order valence-corrected chi connectivity index (χ1v) is 17.9. The highest BCUT2D eigenvalue weighted by atomic mass is 16.5. The summed E-state index contributed by atoms with van der Waals surface area (Å²) in [5, 5.41) is 2.50. The van der Waals surface area contributed by atoms with Gasteiger partial charge in [-0.2, -0.15) is 0 Å². The van der Waals surface area contributed by atoms with Crippen molar-refractivity contribution in [3.05, 3.63) is 191 Å². The van der Waals surface area contributed by atoms with Gasteiger partial charge in [-0.3, -0.25) is 0 Å². The topological polar surface area (TPSA) is 14.2 Å². The molecule has 0 radical (unpaired) electrons. The first kappa shape index (κ1) is 34.3. The van der Waals surface area contributed by atoms with Crippen LogP contribution in [0.4, 0.5) is 0 Å². The molecule has 1 aromatic heterocycles. The first-order chi connectivity index (χ1) is 24.6. The molecule has 1 aliphatic heterocycles. The van der Waals surface area contributed by atoms with Crippen LogP contribution in [0.25, 0.3) is 33.6 Å². The zero-order valence-corrected chi connectivity index (χ0v) is 29.8. The predicted molar refractivity (Wildman–Crippen MR) is 215 cm³/mol. The van der Waals surface area contributed by atoms with E-state index in [-0.39, 0.29) is 0 Å². The van der Waals surface area contributed by atoms with Crippen LogP contribution in [0, 0.1) is 13.8 Å². The molecule has 0 N–H and O–H groups in total. The molecule has 0 atom stereocenters. The van der Waals surface area contributed by atoms with Crippen LogP contribution in [0.2, 0.25) is 0 Å². The van der Waals surface area contributed by atoms with Gasteiger partial charge in [-0.15, -0.1) is 6.58 Å². The fourth-order valence-electron chi connectivity index (χ4n) is 6.73. The summed E-state index contributed by atoms with van der Waals surface area (Å²) in [5.74, 6) is 1.99. The molecule has 2 aliphatic rings. The molecule has 0 saturated carbocycles. The largest absolute Gasteiger partial charge is 0.455 e. The highest BCUT2D eigenvalue weighted by Gasteiger charge is 2.25. The van der Waals surface area contributed by atoms with Crippen LogP contribution in [0.5, 0.6) is 11.5 Å². The standard InChI is InChI=1S/C30H23NO.C9H10.C7H8.C2H6/c1-19-7-6-10-24(15-19)31-27-12-5-4-11-25(27)26-14-13-22-17-23-16-20-8-2-3-9-21(20)18-28(23)32-30(22)29(26)31;1-2-6-9-7-4-3-5-8-9;1-7-5-3-2-4-6-7;1-2/h3-7,9-16,18H,2,8,17H2,1H3;2-5,7-8H,1,6H2;2-6H,1H3;1-2H3. The summed E-state index contributed by atoms with van der Waals surface area (Å²) in [7, 11) is 0. The monoisotopic (exact) mass is 653 g/mol. The molecule has 0 unspecified atom stereocenters. The zero-order valence-electron chi connectivity index (χ0n) is 29.8. The minimum absolute atomic E-state index is 0.910. The number of ether oxygens (including phenoxy) is 1.